The van der Waals surface area contributed by atoms with Gasteiger partial charge in [-0.2, -0.15) is 0 Å². The molecule has 108 valence electrons. The number of rotatable bonds is 5. The standard InChI is InChI=1S/C14H20N4OS/c1-10(8-13-5-4-11(2)20-13)17-14(15-3)16-9-12-6-7-19-18-12/h4-7,10H,8-9H2,1-3H3,(H2,15,16,17). The van der Waals surface area contributed by atoms with Gasteiger partial charge in [-0.3, -0.25) is 4.99 Å². The summed E-state index contributed by atoms with van der Waals surface area (Å²) in [6.45, 7) is 4.88. The second kappa shape index (κ2) is 7.09. The van der Waals surface area contributed by atoms with E-state index in [9.17, 15) is 0 Å². The Kier molecular flexibility index (Phi) is 5.17. The maximum absolute atomic E-state index is 4.79. The van der Waals surface area contributed by atoms with E-state index in [0.29, 0.717) is 12.6 Å². The first-order valence-electron chi connectivity index (χ1n) is 6.59. The maximum atomic E-state index is 4.79. The zero-order chi connectivity index (χ0) is 14.4. The second-order valence-electron chi connectivity index (χ2n) is 4.68. The summed E-state index contributed by atoms with van der Waals surface area (Å²) in [6.07, 6.45) is 2.55. The lowest BCUT2D eigenvalue weighted by Gasteiger charge is -2.16. The fourth-order valence-corrected chi connectivity index (χ4v) is 2.90. The molecule has 0 aromatic carbocycles. The molecule has 5 nitrogen and oxygen atoms in total. The molecule has 20 heavy (non-hydrogen) atoms. The van der Waals surface area contributed by atoms with Gasteiger partial charge in [0.15, 0.2) is 5.96 Å². The number of guanidine groups is 1. The van der Waals surface area contributed by atoms with Gasteiger partial charge in [-0.15, -0.1) is 11.3 Å². The van der Waals surface area contributed by atoms with Gasteiger partial charge in [0.2, 0.25) is 0 Å². The van der Waals surface area contributed by atoms with E-state index < -0.39 is 0 Å². The normalized spacial score (nSPS) is 13.2. The lowest BCUT2D eigenvalue weighted by Crippen LogP contribution is -2.42. The first-order chi connectivity index (χ1) is 9.67. The molecule has 2 N–H and O–H groups in total. The van der Waals surface area contributed by atoms with E-state index >= 15 is 0 Å². The second-order valence-corrected chi connectivity index (χ2v) is 6.05. The summed E-state index contributed by atoms with van der Waals surface area (Å²) in [5.74, 6) is 0.772. The first kappa shape index (κ1) is 14.6. The van der Waals surface area contributed by atoms with Crippen LogP contribution in [0, 0.1) is 6.92 Å². The van der Waals surface area contributed by atoms with E-state index in [1.807, 2.05) is 17.4 Å². The fraction of sp³-hybridized carbons (Fsp3) is 0.429. The van der Waals surface area contributed by atoms with E-state index in [0.717, 1.165) is 18.1 Å². The van der Waals surface area contributed by atoms with Gasteiger partial charge in [0.05, 0.1) is 6.54 Å². The zero-order valence-electron chi connectivity index (χ0n) is 12.0. The van der Waals surface area contributed by atoms with Crippen molar-refractivity contribution in [3.05, 3.63) is 39.9 Å². The molecule has 0 fully saturated rings. The fourth-order valence-electron chi connectivity index (χ4n) is 1.88. The summed E-state index contributed by atoms with van der Waals surface area (Å²) in [5.41, 5.74) is 0.856. The molecule has 1 unspecified atom stereocenters. The molecule has 2 aromatic heterocycles. The minimum atomic E-state index is 0.316. The number of nitrogens with one attached hydrogen (secondary N) is 2. The SMILES string of the molecule is CN=C(NCc1ccon1)NC(C)Cc1ccc(C)s1. The van der Waals surface area contributed by atoms with Crippen molar-refractivity contribution in [1.82, 2.24) is 15.8 Å². The average molecular weight is 292 g/mol. The van der Waals surface area contributed by atoms with Crippen LogP contribution in [0.3, 0.4) is 0 Å². The lowest BCUT2D eigenvalue weighted by atomic mass is 10.2. The van der Waals surface area contributed by atoms with E-state index in [4.69, 9.17) is 4.52 Å². The highest BCUT2D eigenvalue weighted by Gasteiger charge is 2.08. The molecule has 0 spiro atoms. The number of aliphatic imine (C=N–C) groups is 1. The van der Waals surface area contributed by atoms with Crippen molar-refractivity contribution < 1.29 is 4.52 Å². The first-order valence-corrected chi connectivity index (χ1v) is 7.41. The number of aryl methyl sites for hydroxylation is 1. The van der Waals surface area contributed by atoms with Gasteiger partial charge >= 0.3 is 0 Å². The summed E-state index contributed by atoms with van der Waals surface area (Å²) >= 11 is 1.84. The van der Waals surface area contributed by atoms with Crippen molar-refractivity contribution in [2.75, 3.05) is 7.05 Å². The van der Waals surface area contributed by atoms with Gasteiger partial charge in [-0.1, -0.05) is 5.16 Å². The van der Waals surface area contributed by atoms with E-state index in [1.54, 1.807) is 13.3 Å². The summed E-state index contributed by atoms with van der Waals surface area (Å²) < 4.78 is 4.79. The van der Waals surface area contributed by atoms with Crippen molar-refractivity contribution in [3.8, 4) is 0 Å². The third-order valence-corrected chi connectivity index (χ3v) is 3.86. The molecule has 0 amide bonds. The van der Waals surface area contributed by atoms with Crippen molar-refractivity contribution in [3.63, 3.8) is 0 Å². The van der Waals surface area contributed by atoms with Crippen LogP contribution in [0.5, 0.6) is 0 Å². The van der Waals surface area contributed by atoms with Crippen molar-refractivity contribution in [2.45, 2.75) is 32.9 Å². The smallest absolute Gasteiger partial charge is 0.191 e. The van der Waals surface area contributed by atoms with Gasteiger partial charge in [-0.05, 0) is 26.0 Å². The molecule has 0 radical (unpaired) electrons. The zero-order valence-corrected chi connectivity index (χ0v) is 12.8. The van der Waals surface area contributed by atoms with Gasteiger partial charge < -0.3 is 15.2 Å². The molecule has 2 heterocycles. The van der Waals surface area contributed by atoms with Crippen LogP contribution in [0.2, 0.25) is 0 Å². The van der Waals surface area contributed by atoms with Crippen LogP contribution in [0.4, 0.5) is 0 Å². The Hall–Kier alpha value is -1.82. The van der Waals surface area contributed by atoms with Crippen LogP contribution in [-0.2, 0) is 13.0 Å². The highest BCUT2D eigenvalue weighted by Crippen LogP contribution is 2.16. The molecule has 0 saturated heterocycles. The highest BCUT2D eigenvalue weighted by atomic mass is 32.1. The molecule has 0 bridgehead atoms. The van der Waals surface area contributed by atoms with Crippen LogP contribution in [0.15, 0.2) is 34.0 Å². The molecular weight excluding hydrogens is 272 g/mol. The highest BCUT2D eigenvalue weighted by molar-refractivity contribution is 7.11. The van der Waals surface area contributed by atoms with E-state index in [1.165, 1.54) is 9.75 Å². The Morgan fingerprint density at radius 2 is 2.30 bits per heavy atom. The molecular formula is C14H20N4OS. The largest absolute Gasteiger partial charge is 0.364 e. The Balaban J connectivity index is 1.80. The third-order valence-electron chi connectivity index (χ3n) is 2.84. The molecule has 0 aliphatic heterocycles. The Labute approximate surface area is 123 Å². The Morgan fingerprint density at radius 3 is 2.90 bits per heavy atom. The van der Waals surface area contributed by atoms with Crippen molar-refractivity contribution in [2.24, 2.45) is 4.99 Å². The van der Waals surface area contributed by atoms with Crippen LogP contribution in [0.25, 0.3) is 0 Å². The molecule has 2 rings (SSSR count). The number of aromatic nitrogens is 1. The average Bonchev–Trinajstić information content (AvgIpc) is 3.06. The summed E-state index contributed by atoms with van der Waals surface area (Å²) in [4.78, 5) is 6.95. The number of nitrogens with zero attached hydrogens (tertiary/aromatic N) is 2. The quantitative estimate of drug-likeness (QED) is 0.656. The van der Waals surface area contributed by atoms with Crippen molar-refractivity contribution in [1.29, 1.82) is 0 Å². The van der Waals surface area contributed by atoms with Crippen LogP contribution in [-0.4, -0.2) is 24.2 Å². The monoisotopic (exact) mass is 292 g/mol. The number of hydrogen-bond donors (Lipinski definition) is 2. The molecule has 0 aliphatic rings. The Bertz CT molecular complexity index is 547. The predicted molar refractivity (Wildman–Crippen MR) is 82.1 cm³/mol. The number of hydrogen-bond acceptors (Lipinski definition) is 4. The molecule has 2 aromatic rings. The minimum absolute atomic E-state index is 0.316. The third kappa shape index (κ3) is 4.38. The molecule has 0 aliphatic carbocycles. The maximum Gasteiger partial charge on any atom is 0.191 e. The Morgan fingerprint density at radius 1 is 1.45 bits per heavy atom. The van der Waals surface area contributed by atoms with E-state index in [2.05, 4.69) is 46.8 Å². The minimum Gasteiger partial charge on any atom is -0.364 e. The van der Waals surface area contributed by atoms with Crippen LogP contribution in [0.1, 0.15) is 22.4 Å². The van der Waals surface area contributed by atoms with Gasteiger partial charge in [0.25, 0.3) is 0 Å². The summed E-state index contributed by atoms with van der Waals surface area (Å²) in [7, 11) is 1.76. The van der Waals surface area contributed by atoms with Gasteiger partial charge in [0.1, 0.15) is 12.0 Å². The van der Waals surface area contributed by atoms with E-state index in [-0.39, 0.29) is 0 Å². The predicted octanol–water partition coefficient (Wildman–Crippen LogP) is 2.34. The molecule has 0 saturated carbocycles. The van der Waals surface area contributed by atoms with Gasteiger partial charge in [-0.25, -0.2) is 0 Å². The summed E-state index contributed by atoms with van der Waals surface area (Å²) in [6, 6.07) is 6.49. The number of thiophene rings is 1. The van der Waals surface area contributed by atoms with Crippen LogP contribution >= 0.6 is 11.3 Å². The van der Waals surface area contributed by atoms with Gasteiger partial charge in [0, 0.05) is 35.3 Å². The van der Waals surface area contributed by atoms with Crippen molar-refractivity contribution >= 4 is 17.3 Å². The van der Waals surface area contributed by atoms with Crippen LogP contribution < -0.4 is 10.6 Å². The molecule has 1 atom stereocenters. The molecule has 6 heteroatoms. The lowest BCUT2D eigenvalue weighted by molar-refractivity contribution is 0.410. The summed E-state index contributed by atoms with van der Waals surface area (Å²) in [5, 5.41) is 10.4. The topological polar surface area (TPSA) is 62.5 Å².